The molecule has 0 radical (unpaired) electrons. The summed E-state index contributed by atoms with van der Waals surface area (Å²) in [6, 6.07) is 0.326. The summed E-state index contributed by atoms with van der Waals surface area (Å²) < 4.78 is 4.99. The minimum Gasteiger partial charge on any atom is -0.481 e. The fraction of sp³-hybridized carbons (Fsp3) is 0.727. The molecule has 0 spiro atoms. The summed E-state index contributed by atoms with van der Waals surface area (Å²) in [7, 11) is 0. The predicted molar refractivity (Wildman–Crippen MR) is 59.2 cm³/mol. The molecule has 1 aliphatic rings. The van der Waals surface area contributed by atoms with Crippen molar-refractivity contribution in [1.29, 1.82) is 0 Å². The van der Waals surface area contributed by atoms with Crippen LogP contribution in [0.2, 0.25) is 0 Å². The van der Waals surface area contributed by atoms with E-state index in [4.69, 9.17) is 9.63 Å². The van der Waals surface area contributed by atoms with E-state index in [1.54, 1.807) is 0 Å². The van der Waals surface area contributed by atoms with Crippen molar-refractivity contribution >= 4 is 5.97 Å². The van der Waals surface area contributed by atoms with Gasteiger partial charge in [-0.3, -0.25) is 9.69 Å². The van der Waals surface area contributed by atoms with Gasteiger partial charge in [0.2, 0.25) is 5.89 Å². The Morgan fingerprint density at radius 3 is 3.18 bits per heavy atom. The first-order valence-electron chi connectivity index (χ1n) is 5.97. The normalized spacial score (nSPS) is 21.5. The molecular weight excluding hydrogens is 222 g/mol. The fourth-order valence-corrected chi connectivity index (χ4v) is 2.32. The van der Waals surface area contributed by atoms with Crippen LogP contribution in [0.25, 0.3) is 0 Å². The first kappa shape index (κ1) is 12.0. The van der Waals surface area contributed by atoms with Crippen molar-refractivity contribution in [3.8, 4) is 0 Å². The summed E-state index contributed by atoms with van der Waals surface area (Å²) in [6.07, 6.45) is 5.70. The summed E-state index contributed by atoms with van der Waals surface area (Å²) in [5.41, 5.74) is 0. The van der Waals surface area contributed by atoms with Crippen molar-refractivity contribution in [2.24, 2.45) is 0 Å². The molecule has 0 saturated carbocycles. The van der Waals surface area contributed by atoms with Gasteiger partial charge in [0.25, 0.3) is 0 Å². The fourth-order valence-electron chi connectivity index (χ4n) is 2.32. The Morgan fingerprint density at radius 2 is 2.47 bits per heavy atom. The number of carboxylic acid groups (broad SMARTS) is 1. The molecule has 6 heteroatoms. The van der Waals surface area contributed by atoms with Gasteiger partial charge >= 0.3 is 5.97 Å². The zero-order valence-corrected chi connectivity index (χ0v) is 9.71. The van der Waals surface area contributed by atoms with Gasteiger partial charge in [0, 0.05) is 12.5 Å². The molecule has 1 aromatic heterocycles. The van der Waals surface area contributed by atoms with Crippen LogP contribution in [0.5, 0.6) is 0 Å². The third kappa shape index (κ3) is 3.52. The first-order chi connectivity index (χ1) is 8.25. The molecule has 1 aliphatic heterocycles. The molecule has 1 N–H and O–H groups in total. The van der Waals surface area contributed by atoms with Gasteiger partial charge in [0.05, 0.1) is 6.54 Å². The Balaban J connectivity index is 1.89. The van der Waals surface area contributed by atoms with E-state index in [1.807, 2.05) is 0 Å². The van der Waals surface area contributed by atoms with E-state index in [0.717, 1.165) is 19.4 Å². The Labute approximate surface area is 99.6 Å². The second kappa shape index (κ2) is 5.77. The third-order valence-electron chi connectivity index (χ3n) is 3.19. The molecule has 0 bridgehead atoms. The SMILES string of the molecule is O=C(O)CCC1CCCCN1Cc1ncno1. The maximum absolute atomic E-state index is 10.6. The monoisotopic (exact) mass is 239 g/mol. The maximum atomic E-state index is 10.6. The van der Waals surface area contributed by atoms with E-state index in [9.17, 15) is 4.79 Å². The maximum Gasteiger partial charge on any atom is 0.303 e. The van der Waals surface area contributed by atoms with E-state index in [0.29, 0.717) is 24.9 Å². The van der Waals surface area contributed by atoms with Crippen LogP contribution in [-0.2, 0) is 11.3 Å². The second-order valence-corrected chi connectivity index (χ2v) is 4.39. The zero-order valence-electron chi connectivity index (χ0n) is 9.71. The lowest BCUT2D eigenvalue weighted by Crippen LogP contribution is -2.39. The molecule has 1 unspecified atom stereocenters. The molecule has 1 saturated heterocycles. The number of carboxylic acids is 1. The van der Waals surface area contributed by atoms with Crippen LogP contribution in [0.3, 0.4) is 0 Å². The Morgan fingerprint density at radius 1 is 1.59 bits per heavy atom. The van der Waals surface area contributed by atoms with E-state index >= 15 is 0 Å². The molecule has 6 nitrogen and oxygen atoms in total. The summed E-state index contributed by atoms with van der Waals surface area (Å²) in [6.45, 7) is 1.61. The minimum absolute atomic E-state index is 0.227. The van der Waals surface area contributed by atoms with Crippen molar-refractivity contribution in [1.82, 2.24) is 15.0 Å². The Kier molecular flexibility index (Phi) is 4.08. The molecule has 0 aliphatic carbocycles. The van der Waals surface area contributed by atoms with Crippen molar-refractivity contribution < 1.29 is 14.4 Å². The van der Waals surface area contributed by atoms with Gasteiger partial charge in [-0.05, 0) is 25.8 Å². The molecule has 1 fully saturated rings. The van der Waals surface area contributed by atoms with Gasteiger partial charge in [0.1, 0.15) is 0 Å². The molecule has 0 amide bonds. The average Bonchev–Trinajstić information content (AvgIpc) is 2.80. The number of carbonyl (C=O) groups is 1. The number of hydrogen-bond acceptors (Lipinski definition) is 5. The number of nitrogens with zero attached hydrogens (tertiary/aromatic N) is 3. The highest BCUT2D eigenvalue weighted by Gasteiger charge is 2.24. The standard InChI is InChI=1S/C11H17N3O3/c15-11(16)5-4-9-3-1-2-6-14(9)7-10-12-8-13-17-10/h8-9H,1-7H2,(H,15,16). The molecule has 17 heavy (non-hydrogen) atoms. The lowest BCUT2D eigenvalue weighted by molar-refractivity contribution is -0.137. The molecular formula is C11H17N3O3. The van der Waals surface area contributed by atoms with Crippen LogP contribution in [0, 0.1) is 0 Å². The highest BCUT2D eigenvalue weighted by Crippen LogP contribution is 2.22. The van der Waals surface area contributed by atoms with Gasteiger partial charge < -0.3 is 9.63 Å². The molecule has 94 valence electrons. The van der Waals surface area contributed by atoms with E-state index in [2.05, 4.69) is 15.0 Å². The van der Waals surface area contributed by atoms with E-state index in [-0.39, 0.29) is 6.42 Å². The Hall–Kier alpha value is -1.43. The minimum atomic E-state index is -0.728. The molecule has 2 heterocycles. The molecule has 1 atom stereocenters. The Bertz CT molecular complexity index is 353. The van der Waals surface area contributed by atoms with Crippen LogP contribution >= 0.6 is 0 Å². The van der Waals surface area contributed by atoms with Gasteiger partial charge in [0.15, 0.2) is 6.33 Å². The average molecular weight is 239 g/mol. The number of rotatable bonds is 5. The van der Waals surface area contributed by atoms with Crippen LogP contribution in [0.4, 0.5) is 0 Å². The summed E-state index contributed by atoms with van der Waals surface area (Å²) in [5.74, 6) is -0.125. The third-order valence-corrected chi connectivity index (χ3v) is 3.19. The smallest absolute Gasteiger partial charge is 0.303 e. The quantitative estimate of drug-likeness (QED) is 0.834. The zero-order chi connectivity index (χ0) is 12.1. The van der Waals surface area contributed by atoms with Crippen LogP contribution < -0.4 is 0 Å². The van der Waals surface area contributed by atoms with Gasteiger partial charge in [-0.1, -0.05) is 11.6 Å². The largest absolute Gasteiger partial charge is 0.481 e. The number of aliphatic carboxylic acids is 1. The molecule has 2 rings (SSSR count). The highest BCUT2D eigenvalue weighted by molar-refractivity contribution is 5.66. The van der Waals surface area contributed by atoms with Gasteiger partial charge in [-0.25, -0.2) is 0 Å². The van der Waals surface area contributed by atoms with Crippen molar-refractivity contribution in [2.45, 2.75) is 44.7 Å². The second-order valence-electron chi connectivity index (χ2n) is 4.39. The lowest BCUT2D eigenvalue weighted by Gasteiger charge is -2.34. The number of likely N-dealkylation sites (tertiary alicyclic amines) is 1. The van der Waals surface area contributed by atoms with Crippen LogP contribution in [0.1, 0.15) is 38.0 Å². The topological polar surface area (TPSA) is 79.5 Å². The summed E-state index contributed by atoms with van der Waals surface area (Å²) in [4.78, 5) is 16.9. The number of aromatic nitrogens is 2. The summed E-state index contributed by atoms with van der Waals surface area (Å²) >= 11 is 0. The van der Waals surface area contributed by atoms with Crippen LogP contribution in [-0.4, -0.2) is 38.7 Å². The molecule has 1 aromatic rings. The van der Waals surface area contributed by atoms with Gasteiger partial charge in [-0.2, -0.15) is 4.98 Å². The number of hydrogen-bond donors (Lipinski definition) is 1. The first-order valence-corrected chi connectivity index (χ1v) is 5.97. The predicted octanol–water partition coefficient (Wildman–Crippen LogP) is 1.29. The van der Waals surface area contributed by atoms with Crippen LogP contribution in [0.15, 0.2) is 10.9 Å². The summed E-state index contributed by atoms with van der Waals surface area (Å²) in [5, 5.41) is 12.3. The number of piperidine rings is 1. The van der Waals surface area contributed by atoms with Crippen molar-refractivity contribution in [2.75, 3.05) is 6.54 Å². The highest BCUT2D eigenvalue weighted by atomic mass is 16.5. The van der Waals surface area contributed by atoms with Gasteiger partial charge in [-0.15, -0.1) is 0 Å². The van der Waals surface area contributed by atoms with Crippen molar-refractivity contribution in [3.05, 3.63) is 12.2 Å². The van der Waals surface area contributed by atoms with Crippen molar-refractivity contribution in [3.63, 3.8) is 0 Å². The lowest BCUT2D eigenvalue weighted by atomic mass is 9.98. The van der Waals surface area contributed by atoms with E-state index < -0.39 is 5.97 Å². The molecule has 0 aromatic carbocycles. The van der Waals surface area contributed by atoms with E-state index in [1.165, 1.54) is 12.7 Å².